The van der Waals surface area contributed by atoms with E-state index in [4.69, 9.17) is 4.98 Å². The summed E-state index contributed by atoms with van der Waals surface area (Å²) in [5.74, 6) is 1.69. The van der Waals surface area contributed by atoms with E-state index in [-0.39, 0.29) is 23.1 Å². The second-order valence-corrected chi connectivity index (χ2v) is 8.48. The Balaban J connectivity index is 0.000000446. The summed E-state index contributed by atoms with van der Waals surface area (Å²) >= 11 is 0. The monoisotopic (exact) mass is 460 g/mol. The van der Waals surface area contributed by atoms with E-state index in [0.717, 1.165) is 28.0 Å². The summed E-state index contributed by atoms with van der Waals surface area (Å²) in [4.78, 5) is 23.7. The number of rotatable bonds is 3. The Kier molecular flexibility index (Phi) is 9.13. The minimum Gasteiger partial charge on any atom is -0.508 e. The molecule has 1 heterocycles. The van der Waals surface area contributed by atoms with Gasteiger partial charge in [-0.2, -0.15) is 0 Å². The van der Waals surface area contributed by atoms with E-state index in [0.29, 0.717) is 6.54 Å². The van der Waals surface area contributed by atoms with Crippen LogP contribution in [-0.2, 0) is 16.1 Å². The molecule has 1 aromatic heterocycles. The quantitative estimate of drug-likeness (QED) is 0.393. The molecule has 0 bridgehead atoms. The van der Waals surface area contributed by atoms with Gasteiger partial charge in [0, 0.05) is 12.1 Å². The Morgan fingerprint density at radius 1 is 0.765 bits per heavy atom. The average molecular weight is 461 g/mol. The number of hydrogen-bond acceptors (Lipinski definition) is 5. The third kappa shape index (κ3) is 7.59. The first-order chi connectivity index (χ1) is 16.0. The van der Waals surface area contributed by atoms with Crippen molar-refractivity contribution in [2.45, 2.75) is 48.1 Å². The molecular formula is C28H32N2O4. The predicted molar refractivity (Wildman–Crippen MR) is 136 cm³/mol. The Labute approximate surface area is 200 Å². The van der Waals surface area contributed by atoms with Gasteiger partial charge in [-0.1, -0.05) is 12.1 Å². The number of aryl methyl sites for hydroxylation is 2. The van der Waals surface area contributed by atoms with Gasteiger partial charge in [-0.15, -0.1) is 0 Å². The molecule has 0 unspecified atom stereocenters. The second kappa shape index (κ2) is 11.8. The number of benzene rings is 3. The summed E-state index contributed by atoms with van der Waals surface area (Å²) in [5.41, 5.74) is 6.50. The topological polar surface area (TPSA) is 92.4 Å². The highest BCUT2D eigenvalue weighted by Gasteiger charge is 2.14. The fourth-order valence-electron chi connectivity index (χ4n) is 3.15. The molecule has 4 aromatic rings. The van der Waals surface area contributed by atoms with E-state index >= 15 is 0 Å². The smallest absolute Gasteiger partial charge is 0.141 e. The first kappa shape index (κ1) is 26.3. The van der Waals surface area contributed by atoms with Crippen LogP contribution in [0.25, 0.3) is 22.4 Å². The van der Waals surface area contributed by atoms with Crippen molar-refractivity contribution in [3.05, 3.63) is 77.4 Å². The number of carbonyl (C=O) groups is 2. The third-order valence-electron chi connectivity index (χ3n) is 4.77. The van der Waals surface area contributed by atoms with Gasteiger partial charge in [0.1, 0.15) is 28.9 Å². The van der Waals surface area contributed by atoms with Crippen LogP contribution in [0.5, 0.6) is 11.5 Å². The number of fused-ring (bicyclic) bond motifs is 1. The van der Waals surface area contributed by atoms with Gasteiger partial charge in [-0.25, -0.2) is 4.98 Å². The molecule has 0 amide bonds. The molecule has 0 aliphatic heterocycles. The van der Waals surface area contributed by atoms with Crippen LogP contribution in [0.4, 0.5) is 0 Å². The summed E-state index contributed by atoms with van der Waals surface area (Å²) in [6, 6.07) is 18.6. The maximum absolute atomic E-state index is 9.60. The van der Waals surface area contributed by atoms with Gasteiger partial charge in [-0.3, -0.25) is 0 Å². The Morgan fingerprint density at radius 3 is 1.71 bits per heavy atom. The highest BCUT2D eigenvalue weighted by molar-refractivity contribution is 5.82. The van der Waals surface area contributed by atoms with Crippen LogP contribution in [0.2, 0.25) is 0 Å². The van der Waals surface area contributed by atoms with Crippen molar-refractivity contribution < 1.29 is 19.8 Å². The van der Waals surface area contributed by atoms with Crippen molar-refractivity contribution in [1.82, 2.24) is 9.55 Å². The highest BCUT2D eigenvalue weighted by atomic mass is 16.3. The molecule has 0 aliphatic rings. The van der Waals surface area contributed by atoms with E-state index in [1.54, 1.807) is 24.3 Å². The van der Waals surface area contributed by atoms with E-state index in [2.05, 4.69) is 30.5 Å². The summed E-state index contributed by atoms with van der Waals surface area (Å²) < 4.78 is 2.18. The first-order valence-corrected chi connectivity index (χ1v) is 11.0. The van der Waals surface area contributed by atoms with Crippen LogP contribution in [-0.4, -0.2) is 31.3 Å². The summed E-state index contributed by atoms with van der Waals surface area (Å²) in [7, 11) is 0. The lowest BCUT2D eigenvalue weighted by molar-refractivity contribution is -0.115. The number of phenols is 2. The van der Waals surface area contributed by atoms with Crippen LogP contribution in [0, 0.1) is 13.8 Å². The second-order valence-electron chi connectivity index (χ2n) is 8.48. The number of nitrogens with zero attached hydrogens (tertiary/aromatic N) is 2. The van der Waals surface area contributed by atoms with Gasteiger partial charge in [-0.05, 0) is 107 Å². The number of aromatic hydroxyl groups is 2. The zero-order chi connectivity index (χ0) is 25.4. The summed E-state index contributed by atoms with van der Waals surface area (Å²) in [5, 5.41) is 19.1. The van der Waals surface area contributed by atoms with Crippen LogP contribution in [0.1, 0.15) is 44.4 Å². The molecular weight excluding hydrogens is 428 g/mol. The fourth-order valence-corrected chi connectivity index (χ4v) is 3.15. The SMILES string of the molecule is CC(C)=O.CC(C)=O.Cc1cc2nc(-c3ccc(O)cc3)n(Cc3ccc(O)cc3)c2cc1C. The maximum Gasteiger partial charge on any atom is 0.141 e. The van der Waals surface area contributed by atoms with E-state index in [1.807, 2.05) is 24.3 Å². The molecule has 0 spiro atoms. The largest absolute Gasteiger partial charge is 0.508 e. The summed E-state index contributed by atoms with van der Waals surface area (Å²) in [6.07, 6.45) is 0. The number of ketones is 2. The van der Waals surface area contributed by atoms with E-state index < -0.39 is 0 Å². The van der Waals surface area contributed by atoms with Crippen LogP contribution >= 0.6 is 0 Å². The average Bonchev–Trinajstić information content (AvgIpc) is 3.07. The standard InChI is InChI=1S/C22H20N2O2.2C3H6O/c1-14-11-20-21(12-15(14)2)24(13-16-3-7-18(25)8-4-16)22(23-20)17-5-9-19(26)10-6-17;2*1-3(2)4/h3-12,25-26H,13H2,1-2H3;2*1-2H3. The molecule has 4 rings (SSSR count). The van der Waals surface area contributed by atoms with Crippen molar-refractivity contribution in [2.75, 3.05) is 0 Å². The molecule has 6 nitrogen and oxygen atoms in total. The summed E-state index contributed by atoms with van der Waals surface area (Å²) in [6.45, 7) is 11.0. The van der Waals surface area contributed by atoms with Gasteiger partial charge in [0.05, 0.1) is 11.0 Å². The minimum absolute atomic E-state index is 0.167. The third-order valence-corrected chi connectivity index (χ3v) is 4.77. The molecule has 6 heteroatoms. The van der Waals surface area contributed by atoms with Gasteiger partial charge in [0.25, 0.3) is 0 Å². The van der Waals surface area contributed by atoms with Crippen LogP contribution < -0.4 is 0 Å². The number of aromatic nitrogens is 2. The molecule has 3 aromatic carbocycles. The Bertz CT molecular complexity index is 1250. The molecule has 34 heavy (non-hydrogen) atoms. The van der Waals surface area contributed by atoms with Gasteiger partial charge >= 0.3 is 0 Å². The lowest BCUT2D eigenvalue weighted by atomic mass is 10.1. The predicted octanol–water partition coefficient (Wildman–Crippen LogP) is 5.97. The lowest BCUT2D eigenvalue weighted by Crippen LogP contribution is -2.02. The zero-order valence-electron chi connectivity index (χ0n) is 20.6. The van der Waals surface area contributed by atoms with Crippen LogP contribution in [0.3, 0.4) is 0 Å². The van der Waals surface area contributed by atoms with E-state index in [9.17, 15) is 19.8 Å². The van der Waals surface area contributed by atoms with Crippen LogP contribution in [0.15, 0.2) is 60.7 Å². The van der Waals surface area contributed by atoms with Gasteiger partial charge in [0.15, 0.2) is 0 Å². The normalized spacial score (nSPS) is 10.1. The molecule has 0 saturated carbocycles. The number of imidazole rings is 1. The number of carbonyl (C=O) groups excluding carboxylic acids is 2. The molecule has 0 fully saturated rings. The lowest BCUT2D eigenvalue weighted by Gasteiger charge is -2.11. The van der Waals surface area contributed by atoms with Crippen molar-refractivity contribution in [2.24, 2.45) is 0 Å². The molecule has 0 aliphatic carbocycles. The maximum atomic E-state index is 9.60. The Morgan fingerprint density at radius 2 is 1.21 bits per heavy atom. The fraction of sp³-hybridized carbons (Fsp3) is 0.250. The molecule has 2 N–H and O–H groups in total. The number of hydrogen-bond donors (Lipinski definition) is 2. The highest BCUT2D eigenvalue weighted by Crippen LogP contribution is 2.29. The van der Waals surface area contributed by atoms with E-state index in [1.165, 1.54) is 38.8 Å². The molecule has 0 radical (unpaired) electrons. The molecule has 0 saturated heterocycles. The van der Waals surface area contributed by atoms with Crippen molar-refractivity contribution in [3.8, 4) is 22.9 Å². The van der Waals surface area contributed by atoms with Crippen molar-refractivity contribution in [1.29, 1.82) is 0 Å². The first-order valence-electron chi connectivity index (χ1n) is 11.0. The van der Waals surface area contributed by atoms with Crippen molar-refractivity contribution in [3.63, 3.8) is 0 Å². The minimum atomic E-state index is 0.167. The van der Waals surface area contributed by atoms with Crippen molar-refractivity contribution >= 4 is 22.6 Å². The molecule has 178 valence electrons. The number of phenolic OH excluding ortho intramolecular Hbond substituents is 2. The Hall–Kier alpha value is -3.93. The zero-order valence-corrected chi connectivity index (χ0v) is 20.6. The van der Waals surface area contributed by atoms with Gasteiger partial charge in [0.2, 0.25) is 0 Å². The van der Waals surface area contributed by atoms with Gasteiger partial charge < -0.3 is 24.4 Å². The number of Topliss-reactive ketones (excluding diaryl/α,β-unsaturated/α-hetero) is 2. The molecule has 0 atom stereocenters.